The van der Waals surface area contributed by atoms with Crippen LogP contribution >= 0.6 is 0 Å². The normalized spacial score (nSPS) is 21.2. The maximum absolute atomic E-state index is 9.27. The standard InChI is InChI=1S/C19H25N3O2/c1-19(2)15(12-21-16-6-4-5-7-17(16)24-3)18(19)13-8-10-14(11-9-13)22(20)23/h4-11,15,18,21,23H,12,20H2,1-3H3/t15-,18?/m1/s1. The van der Waals surface area contributed by atoms with Crippen molar-refractivity contribution in [3.05, 3.63) is 54.1 Å². The Morgan fingerprint density at radius 2 is 1.83 bits per heavy atom. The van der Waals surface area contributed by atoms with E-state index in [9.17, 15) is 5.21 Å². The highest BCUT2D eigenvalue weighted by Gasteiger charge is 2.57. The first-order valence-corrected chi connectivity index (χ1v) is 8.15. The van der Waals surface area contributed by atoms with Gasteiger partial charge in [0.05, 0.1) is 18.5 Å². The Morgan fingerprint density at radius 3 is 2.46 bits per heavy atom. The number of nitrogens with two attached hydrogens (primary N) is 1. The van der Waals surface area contributed by atoms with Crippen LogP contribution in [0.4, 0.5) is 11.4 Å². The van der Waals surface area contributed by atoms with Gasteiger partial charge in [-0.3, -0.25) is 5.21 Å². The molecule has 0 aliphatic heterocycles. The highest BCUT2D eigenvalue weighted by atomic mass is 16.5. The molecule has 0 amide bonds. The van der Waals surface area contributed by atoms with Crippen molar-refractivity contribution in [1.82, 2.24) is 0 Å². The van der Waals surface area contributed by atoms with Gasteiger partial charge >= 0.3 is 0 Å². The van der Waals surface area contributed by atoms with Crippen LogP contribution < -0.4 is 21.1 Å². The van der Waals surface area contributed by atoms with Crippen LogP contribution in [0.3, 0.4) is 0 Å². The highest BCUT2D eigenvalue weighted by molar-refractivity contribution is 5.56. The minimum atomic E-state index is 0.234. The first-order valence-electron chi connectivity index (χ1n) is 8.15. The number of anilines is 2. The number of hydrogen-bond acceptors (Lipinski definition) is 5. The van der Waals surface area contributed by atoms with Gasteiger partial charge in [-0.15, -0.1) is 0 Å². The summed E-state index contributed by atoms with van der Waals surface area (Å²) in [4.78, 5) is 0. The number of hydrogen-bond donors (Lipinski definition) is 3. The molecule has 128 valence electrons. The van der Waals surface area contributed by atoms with Crippen LogP contribution in [0.1, 0.15) is 25.3 Å². The minimum absolute atomic E-state index is 0.234. The van der Waals surface area contributed by atoms with Crippen molar-refractivity contribution in [2.24, 2.45) is 17.2 Å². The van der Waals surface area contributed by atoms with Crippen molar-refractivity contribution in [2.75, 3.05) is 24.1 Å². The Balaban J connectivity index is 1.69. The van der Waals surface area contributed by atoms with Crippen LogP contribution in [0.2, 0.25) is 0 Å². The van der Waals surface area contributed by atoms with E-state index in [4.69, 9.17) is 10.6 Å². The van der Waals surface area contributed by atoms with E-state index in [1.807, 2.05) is 48.5 Å². The zero-order valence-corrected chi connectivity index (χ0v) is 14.4. The molecule has 1 unspecified atom stereocenters. The lowest BCUT2D eigenvalue weighted by Crippen LogP contribution is -2.25. The van der Waals surface area contributed by atoms with Gasteiger partial charge in [-0.1, -0.05) is 38.1 Å². The predicted molar refractivity (Wildman–Crippen MR) is 96.4 cm³/mol. The maximum Gasteiger partial charge on any atom is 0.141 e. The lowest BCUT2D eigenvalue weighted by molar-refractivity contribution is 0.258. The summed E-state index contributed by atoms with van der Waals surface area (Å²) in [5.74, 6) is 7.23. The topological polar surface area (TPSA) is 70.8 Å². The van der Waals surface area contributed by atoms with Crippen molar-refractivity contribution in [1.29, 1.82) is 0 Å². The van der Waals surface area contributed by atoms with E-state index in [1.165, 1.54) is 5.56 Å². The second-order valence-electron chi connectivity index (χ2n) is 6.92. The maximum atomic E-state index is 9.27. The van der Waals surface area contributed by atoms with Crippen LogP contribution in [0.25, 0.3) is 0 Å². The summed E-state index contributed by atoms with van der Waals surface area (Å²) < 4.78 is 5.39. The number of ether oxygens (including phenoxy) is 1. The lowest BCUT2D eigenvalue weighted by atomic mass is 10.0. The number of nitrogens with zero attached hydrogens (tertiary/aromatic N) is 1. The van der Waals surface area contributed by atoms with E-state index in [1.54, 1.807) is 7.11 Å². The summed E-state index contributed by atoms with van der Waals surface area (Å²) in [6, 6.07) is 15.7. The molecule has 0 saturated heterocycles. The summed E-state index contributed by atoms with van der Waals surface area (Å²) in [6.07, 6.45) is 0. The molecule has 0 radical (unpaired) electrons. The summed E-state index contributed by atoms with van der Waals surface area (Å²) >= 11 is 0. The van der Waals surface area contributed by atoms with Gasteiger partial charge in [-0.2, -0.15) is 5.17 Å². The molecule has 5 heteroatoms. The van der Waals surface area contributed by atoms with Crippen molar-refractivity contribution in [2.45, 2.75) is 19.8 Å². The first kappa shape index (κ1) is 16.6. The second kappa shape index (κ2) is 6.34. The Bertz CT molecular complexity index is 698. The fraction of sp³-hybridized carbons (Fsp3) is 0.368. The molecule has 3 rings (SSSR count). The smallest absolute Gasteiger partial charge is 0.141 e. The SMILES string of the molecule is COc1ccccc1NC[C@@H]1C(c2ccc(N(N)O)cc2)C1(C)C. The third-order valence-corrected chi connectivity index (χ3v) is 5.19. The fourth-order valence-corrected chi connectivity index (χ4v) is 3.63. The Morgan fingerprint density at radius 1 is 1.17 bits per heavy atom. The van der Waals surface area contributed by atoms with Gasteiger partial charge in [-0.25, -0.2) is 5.84 Å². The van der Waals surface area contributed by atoms with E-state index in [0.29, 0.717) is 22.7 Å². The number of methoxy groups -OCH3 is 1. The molecule has 0 spiro atoms. The van der Waals surface area contributed by atoms with Crippen molar-refractivity contribution >= 4 is 11.4 Å². The van der Waals surface area contributed by atoms with E-state index < -0.39 is 0 Å². The number of nitrogens with one attached hydrogen (secondary N) is 1. The Hall–Kier alpha value is -2.24. The van der Waals surface area contributed by atoms with Gasteiger partial charge in [0.1, 0.15) is 5.75 Å². The van der Waals surface area contributed by atoms with Gasteiger partial charge in [0.2, 0.25) is 0 Å². The van der Waals surface area contributed by atoms with Crippen LogP contribution in [0.5, 0.6) is 5.75 Å². The van der Waals surface area contributed by atoms with Crippen LogP contribution in [-0.4, -0.2) is 18.9 Å². The second-order valence-corrected chi connectivity index (χ2v) is 6.92. The molecule has 1 fully saturated rings. The molecule has 2 aromatic carbocycles. The third-order valence-electron chi connectivity index (χ3n) is 5.19. The molecule has 1 aliphatic rings. The third kappa shape index (κ3) is 3.05. The summed E-state index contributed by atoms with van der Waals surface area (Å²) in [6.45, 7) is 5.48. The van der Waals surface area contributed by atoms with Crippen molar-refractivity contribution < 1.29 is 9.94 Å². The van der Waals surface area contributed by atoms with E-state index >= 15 is 0 Å². The molecule has 0 bridgehead atoms. The minimum Gasteiger partial charge on any atom is -0.495 e. The molecule has 2 aromatic rings. The average Bonchev–Trinajstić information content (AvgIpc) is 3.14. The summed E-state index contributed by atoms with van der Waals surface area (Å²) in [5.41, 5.74) is 3.12. The monoisotopic (exact) mass is 327 g/mol. The zero-order valence-electron chi connectivity index (χ0n) is 14.4. The van der Waals surface area contributed by atoms with Gasteiger partial charge < -0.3 is 10.1 Å². The average molecular weight is 327 g/mol. The van der Waals surface area contributed by atoms with E-state index in [2.05, 4.69) is 19.2 Å². The van der Waals surface area contributed by atoms with E-state index in [-0.39, 0.29) is 5.41 Å². The number of rotatable bonds is 6. The van der Waals surface area contributed by atoms with Crippen molar-refractivity contribution in [3.8, 4) is 5.75 Å². The van der Waals surface area contributed by atoms with Gasteiger partial charge in [0.15, 0.2) is 0 Å². The summed E-state index contributed by atoms with van der Waals surface area (Å²) in [7, 11) is 1.69. The molecule has 5 nitrogen and oxygen atoms in total. The van der Waals surface area contributed by atoms with Gasteiger partial charge in [-0.05, 0) is 47.1 Å². The Labute approximate surface area is 143 Å². The zero-order chi connectivity index (χ0) is 17.3. The molecule has 1 aliphatic carbocycles. The lowest BCUT2D eigenvalue weighted by Gasteiger charge is -2.11. The quantitative estimate of drug-likeness (QED) is 0.558. The number of para-hydroxylation sites is 2. The molecule has 0 heterocycles. The van der Waals surface area contributed by atoms with Crippen LogP contribution in [-0.2, 0) is 0 Å². The van der Waals surface area contributed by atoms with Gasteiger partial charge in [0.25, 0.3) is 0 Å². The van der Waals surface area contributed by atoms with Crippen LogP contribution in [0.15, 0.2) is 48.5 Å². The molecule has 1 saturated carbocycles. The van der Waals surface area contributed by atoms with Crippen molar-refractivity contribution in [3.63, 3.8) is 0 Å². The highest BCUT2D eigenvalue weighted by Crippen LogP contribution is 2.64. The predicted octanol–water partition coefficient (Wildman–Crippen LogP) is 3.62. The van der Waals surface area contributed by atoms with Crippen LogP contribution in [0, 0.1) is 11.3 Å². The molecule has 0 aromatic heterocycles. The largest absolute Gasteiger partial charge is 0.495 e. The van der Waals surface area contributed by atoms with E-state index in [0.717, 1.165) is 18.0 Å². The molecular weight excluding hydrogens is 302 g/mol. The Kier molecular flexibility index (Phi) is 4.39. The molecule has 24 heavy (non-hydrogen) atoms. The first-order chi connectivity index (χ1) is 11.4. The van der Waals surface area contributed by atoms with Gasteiger partial charge in [0, 0.05) is 6.54 Å². The molecule has 2 atom stereocenters. The fourth-order valence-electron chi connectivity index (χ4n) is 3.63. The molecule has 4 N–H and O–H groups in total. The molecular formula is C19H25N3O2. The summed E-state index contributed by atoms with van der Waals surface area (Å²) in [5, 5.41) is 13.4. The number of hydrazine groups is 1. The number of benzene rings is 2.